The Labute approximate surface area is 135 Å². The number of nitrogens with zero attached hydrogens (tertiary/aromatic N) is 1. The van der Waals surface area contributed by atoms with Crippen LogP contribution < -0.4 is 9.64 Å². The first-order valence-corrected chi connectivity index (χ1v) is 7.78. The molecule has 0 aliphatic carbocycles. The van der Waals surface area contributed by atoms with E-state index < -0.39 is 5.97 Å². The Balaban J connectivity index is 1.89. The zero-order valence-corrected chi connectivity index (χ0v) is 13.6. The molecule has 5 nitrogen and oxygen atoms in total. The van der Waals surface area contributed by atoms with Crippen LogP contribution >= 0.6 is 0 Å². The number of fused-ring (bicyclic) bond motifs is 1. The number of benzene rings is 1. The number of ether oxygens (including phenoxy) is 1. The van der Waals surface area contributed by atoms with E-state index in [-0.39, 0.29) is 11.9 Å². The van der Waals surface area contributed by atoms with E-state index in [1.807, 2.05) is 19.1 Å². The van der Waals surface area contributed by atoms with E-state index in [0.29, 0.717) is 18.2 Å². The molecule has 1 aromatic carbocycles. The molecule has 3 rings (SSSR count). The standard InChI is InChI=1S/C18H21NO4/c1-11(2)17-10-19(9-13-5-7-15(22-13)18(20)21)14-6-4-12(3)8-16(14)23-17/h4-8,11,17H,9-10H2,1-3H3,(H,20,21). The zero-order valence-electron chi connectivity index (χ0n) is 13.6. The Hall–Kier alpha value is -2.43. The lowest BCUT2D eigenvalue weighted by molar-refractivity contribution is 0.0660. The van der Waals surface area contributed by atoms with Crippen molar-refractivity contribution in [2.24, 2.45) is 5.92 Å². The molecule has 0 bridgehead atoms. The molecule has 1 aliphatic rings. The van der Waals surface area contributed by atoms with Crippen molar-refractivity contribution >= 4 is 11.7 Å². The molecule has 1 N–H and O–H groups in total. The van der Waals surface area contributed by atoms with Crippen molar-refractivity contribution < 1.29 is 19.1 Å². The molecule has 122 valence electrons. The highest BCUT2D eigenvalue weighted by Crippen LogP contribution is 2.36. The summed E-state index contributed by atoms with van der Waals surface area (Å²) in [5.41, 5.74) is 2.17. The number of furan rings is 1. The second kappa shape index (κ2) is 5.99. The zero-order chi connectivity index (χ0) is 16.6. The highest BCUT2D eigenvalue weighted by Gasteiger charge is 2.28. The monoisotopic (exact) mass is 315 g/mol. The number of aromatic carboxylic acids is 1. The van der Waals surface area contributed by atoms with Crippen molar-refractivity contribution in [2.75, 3.05) is 11.4 Å². The molecule has 1 atom stereocenters. The summed E-state index contributed by atoms with van der Waals surface area (Å²) in [5.74, 6) is 0.822. The predicted octanol–water partition coefficient (Wildman–Crippen LogP) is 3.71. The van der Waals surface area contributed by atoms with Crippen LogP contribution in [-0.4, -0.2) is 23.7 Å². The fraction of sp³-hybridized carbons (Fsp3) is 0.389. The van der Waals surface area contributed by atoms with E-state index in [1.54, 1.807) is 6.07 Å². The van der Waals surface area contributed by atoms with Crippen molar-refractivity contribution in [3.8, 4) is 5.75 Å². The first-order valence-electron chi connectivity index (χ1n) is 7.78. The minimum atomic E-state index is -1.05. The average Bonchev–Trinajstić information content (AvgIpc) is 2.95. The summed E-state index contributed by atoms with van der Waals surface area (Å²) in [6.45, 7) is 7.59. The average molecular weight is 315 g/mol. The molecular weight excluding hydrogens is 294 g/mol. The van der Waals surface area contributed by atoms with Gasteiger partial charge in [0.15, 0.2) is 0 Å². The summed E-state index contributed by atoms with van der Waals surface area (Å²) in [6.07, 6.45) is 0.0956. The van der Waals surface area contributed by atoms with Gasteiger partial charge in [-0.2, -0.15) is 0 Å². The number of anilines is 1. The topological polar surface area (TPSA) is 62.9 Å². The number of rotatable bonds is 4. The second-order valence-electron chi connectivity index (χ2n) is 6.32. The normalized spacial score (nSPS) is 17.0. The lowest BCUT2D eigenvalue weighted by Crippen LogP contribution is -2.42. The fourth-order valence-electron chi connectivity index (χ4n) is 2.76. The Morgan fingerprint density at radius 2 is 2.13 bits per heavy atom. The molecule has 0 radical (unpaired) electrons. The van der Waals surface area contributed by atoms with Gasteiger partial charge in [-0.15, -0.1) is 0 Å². The third-order valence-electron chi connectivity index (χ3n) is 4.10. The number of aryl methyl sites for hydroxylation is 1. The maximum Gasteiger partial charge on any atom is 0.371 e. The molecule has 1 unspecified atom stereocenters. The Morgan fingerprint density at radius 3 is 2.78 bits per heavy atom. The third-order valence-corrected chi connectivity index (χ3v) is 4.10. The van der Waals surface area contributed by atoms with Crippen molar-refractivity contribution in [3.63, 3.8) is 0 Å². The summed E-state index contributed by atoms with van der Waals surface area (Å²) in [7, 11) is 0. The molecule has 2 heterocycles. The first kappa shape index (κ1) is 15.5. The van der Waals surface area contributed by atoms with Gasteiger partial charge < -0.3 is 19.2 Å². The van der Waals surface area contributed by atoms with E-state index in [1.165, 1.54) is 6.07 Å². The predicted molar refractivity (Wildman–Crippen MR) is 87.2 cm³/mol. The van der Waals surface area contributed by atoms with Gasteiger partial charge in [-0.05, 0) is 42.7 Å². The van der Waals surface area contributed by atoms with Crippen LogP contribution in [0.15, 0.2) is 34.7 Å². The van der Waals surface area contributed by atoms with Crippen molar-refractivity contribution in [1.29, 1.82) is 0 Å². The van der Waals surface area contributed by atoms with E-state index in [0.717, 1.165) is 23.5 Å². The largest absolute Gasteiger partial charge is 0.486 e. The molecular formula is C18H21NO4. The Morgan fingerprint density at radius 1 is 1.35 bits per heavy atom. The molecule has 2 aromatic rings. The number of carboxylic acid groups (broad SMARTS) is 1. The summed E-state index contributed by atoms with van der Waals surface area (Å²) < 4.78 is 11.5. The molecule has 0 fully saturated rings. The van der Waals surface area contributed by atoms with Crippen molar-refractivity contribution in [1.82, 2.24) is 0 Å². The van der Waals surface area contributed by atoms with E-state index in [4.69, 9.17) is 14.3 Å². The highest BCUT2D eigenvalue weighted by molar-refractivity contribution is 5.84. The van der Waals surface area contributed by atoms with Crippen molar-refractivity contribution in [2.45, 2.75) is 33.4 Å². The molecule has 0 spiro atoms. The number of hydrogen-bond acceptors (Lipinski definition) is 4. The van der Waals surface area contributed by atoms with Gasteiger partial charge in [0.2, 0.25) is 5.76 Å². The maximum absolute atomic E-state index is 11.0. The molecule has 5 heteroatoms. The van der Waals surface area contributed by atoms with E-state index in [2.05, 4.69) is 24.8 Å². The molecule has 1 aliphatic heterocycles. The van der Waals surface area contributed by atoms with Gasteiger partial charge in [-0.3, -0.25) is 0 Å². The van der Waals surface area contributed by atoms with E-state index in [9.17, 15) is 4.79 Å². The van der Waals surface area contributed by atoms with Crippen molar-refractivity contribution in [3.05, 3.63) is 47.4 Å². The molecule has 0 saturated heterocycles. The lowest BCUT2D eigenvalue weighted by atomic mass is 10.0. The van der Waals surface area contributed by atoms with Crippen LogP contribution in [0.25, 0.3) is 0 Å². The smallest absolute Gasteiger partial charge is 0.371 e. The van der Waals surface area contributed by atoms with Crippen LogP contribution in [0, 0.1) is 12.8 Å². The van der Waals surface area contributed by atoms with Gasteiger partial charge in [0.05, 0.1) is 18.8 Å². The summed E-state index contributed by atoms with van der Waals surface area (Å²) in [6, 6.07) is 9.35. The Bertz CT molecular complexity index is 720. The number of carboxylic acids is 1. The second-order valence-corrected chi connectivity index (χ2v) is 6.32. The number of hydrogen-bond donors (Lipinski definition) is 1. The Kier molecular flexibility index (Phi) is 4.03. The molecule has 23 heavy (non-hydrogen) atoms. The lowest BCUT2D eigenvalue weighted by Gasteiger charge is -2.37. The molecule has 0 amide bonds. The SMILES string of the molecule is Cc1ccc2c(c1)OC(C(C)C)CN2Cc1ccc(C(=O)O)o1. The van der Waals surface area contributed by atoms with Gasteiger partial charge in [0.1, 0.15) is 17.6 Å². The molecule has 0 saturated carbocycles. The first-order chi connectivity index (χ1) is 10.9. The van der Waals surface area contributed by atoms with Gasteiger partial charge in [-0.1, -0.05) is 19.9 Å². The summed E-state index contributed by atoms with van der Waals surface area (Å²) in [4.78, 5) is 13.1. The number of carbonyl (C=O) groups is 1. The van der Waals surface area contributed by atoms with Gasteiger partial charge >= 0.3 is 5.97 Å². The van der Waals surface area contributed by atoms with Gasteiger partial charge in [0.25, 0.3) is 0 Å². The van der Waals surface area contributed by atoms with E-state index >= 15 is 0 Å². The highest BCUT2D eigenvalue weighted by atomic mass is 16.5. The maximum atomic E-state index is 11.0. The van der Waals surface area contributed by atoms with Crippen LogP contribution in [0.3, 0.4) is 0 Å². The molecule has 1 aromatic heterocycles. The van der Waals surface area contributed by atoms with Crippen LogP contribution in [0.2, 0.25) is 0 Å². The van der Waals surface area contributed by atoms with Crippen LogP contribution in [0.1, 0.15) is 35.7 Å². The van der Waals surface area contributed by atoms with Gasteiger partial charge in [0, 0.05) is 0 Å². The third kappa shape index (κ3) is 3.18. The summed E-state index contributed by atoms with van der Waals surface area (Å²) in [5, 5.41) is 8.98. The summed E-state index contributed by atoms with van der Waals surface area (Å²) >= 11 is 0. The van der Waals surface area contributed by atoms with Crippen LogP contribution in [-0.2, 0) is 6.54 Å². The minimum absolute atomic E-state index is 0.0298. The van der Waals surface area contributed by atoms with Crippen LogP contribution in [0.5, 0.6) is 5.75 Å². The van der Waals surface area contributed by atoms with Gasteiger partial charge in [-0.25, -0.2) is 4.79 Å². The minimum Gasteiger partial charge on any atom is -0.486 e. The van der Waals surface area contributed by atoms with Crippen LogP contribution in [0.4, 0.5) is 5.69 Å². The fourth-order valence-corrected chi connectivity index (χ4v) is 2.76. The quantitative estimate of drug-likeness (QED) is 0.932.